The first-order chi connectivity index (χ1) is 9.10. The number of nitrogens with one attached hydrogen (secondary N) is 2. The monoisotopic (exact) mass is 321 g/mol. The molecule has 0 fully saturated rings. The van der Waals surface area contributed by atoms with Crippen LogP contribution >= 0.6 is 15.9 Å². The zero-order chi connectivity index (χ0) is 13.8. The number of carbonyl (C=O) groups excluding carboxylic acids is 1. The number of carbonyl (C=O) groups is 1. The summed E-state index contributed by atoms with van der Waals surface area (Å²) in [5.74, 6) is 5.26. The molecule has 6 nitrogen and oxygen atoms in total. The third-order valence-electron chi connectivity index (χ3n) is 2.47. The van der Waals surface area contributed by atoms with Gasteiger partial charge in [0.1, 0.15) is 5.69 Å². The third-order valence-corrected chi connectivity index (χ3v) is 2.96. The number of hydrazine groups is 1. The number of rotatable bonds is 3. The Labute approximate surface area is 118 Å². The quantitative estimate of drug-likeness (QED) is 0.594. The number of nitrogens with zero attached hydrogens (tertiary/aromatic N) is 2. The Balaban J connectivity index is 2.15. The first kappa shape index (κ1) is 13.4. The van der Waals surface area contributed by atoms with Gasteiger partial charge in [0.05, 0.1) is 12.4 Å². The van der Waals surface area contributed by atoms with Gasteiger partial charge in [0.25, 0.3) is 5.91 Å². The first-order valence-corrected chi connectivity index (χ1v) is 6.25. The minimum atomic E-state index is -0.318. The van der Waals surface area contributed by atoms with Gasteiger partial charge in [-0.25, -0.2) is 15.8 Å². The largest absolute Gasteiger partial charge is 0.320 e. The molecule has 2 aromatic rings. The van der Waals surface area contributed by atoms with E-state index >= 15 is 0 Å². The molecule has 2 rings (SSSR count). The van der Waals surface area contributed by atoms with Gasteiger partial charge in [0.2, 0.25) is 0 Å². The van der Waals surface area contributed by atoms with Crippen LogP contribution in [0.3, 0.4) is 0 Å². The lowest BCUT2D eigenvalue weighted by molar-refractivity contribution is 0.102. The van der Waals surface area contributed by atoms with Crippen molar-refractivity contribution in [2.75, 3.05) is 10.7 Å². The molecule has 19 heavy (non-hydrogen) atoms. The van der Waals surface area contributed by atoms with Crippen molar-refractivity contribution in [3.8, 4) is 0 Å². The molecule has 0 saturated heterocycles. The normalized spacial score (nSPS) is 10.1. The molecule has 0 unspecified atom stereocenters. The summed E-state index contributed by atoms with van der Waals surface area (Å²) < 4.78 is 0.959. The smallest absolute Gasteiger partial charge is 0.275 e. The van der Waals surface area contributed by atoms with Gasteiger partial charge in [-0.2, -0.15) is 0 Å². The summed E-state index contributed by atoms with van der Waals surface area (Å²) >= 11 is 3.37. The number of aryl methyl sites for hydroxylation is 1. The molecular formula is C12H12BrN5O. The maximum atomic E-state index is 12.0. The molecule has 4 N–H and O–H groups in total. The van der Waals surface area contributed by atoms with Crippen molar-refractivity contribution in [2.45, 2.75) is 6.92 Å². The fraction of sp³-hybridized carbons (Fsp3) is 0.0833. The van der Waals surface area contributed by atoms with Gasteiger partial charge in [-0.15, -0.1) is 0 Å². The maximum Gasteiger partial charge on any atom is 0.275 e. The van der Waals surface area contributed by atoms with Gasteiger partial charge < -0.3 is 10.7 Å². The van der Waals surface area contributed by atoms with Gasteiger partial charge in [-0.3, -0.25) is 4.79 Å². The number of amides is 1. The fourth-order valence-electron chi connectivity index (χ4n) is 1.47. The number of halogens is 1. The van der Waals surface area contributed by atoms with Crippen molar-refractivity contribution in [3.05, 3.63) is 46.3 Å². The van der Waals surface area contributed by atoms with Crippen LogP contribution in [0, 0.1) is 6.92 Å². The summed E-state index contributed by atoms with van der Waals surface area (Å²) in [7, 11) is 0. The fourth-order valence-corrected chi connectivity index (χ4v) is 1.95. The van der Waals surface area contributed by atoms with Crippen LogP contribution in [0.25, 0.3) is 0 Å². The van der Waals surface area contributed by atoms with Crippen molar-refractivity contribution in [3.63, 3.8) is 0 Å². The second-order valence-electron chi connectivity index (χ2n) is 3.84. The van der Waals surface area contributed by atoms with E-state index < -0.39 is 0 Å². The molecule has 0 bridgehead atoms. The standard InChI is InChI=1S/C12H12BrN5O/c1-7-4-8(13)2-3-9(7)17-12(19)10-5-16-11(18-14)6-15-10/h2-6H,14H2,1H3,(H,16,18)(H,17,19). The Morgan fingerprint density at radius 1 is 1.32 bits per heavy atom. The van der Waals surface area contributed by atoms with Crippen LogP contribution in [-0.4, -0.2) is 15.9 Å². The van der Waals surface area contributed by atoms with Crippen LogP contribution < -0.4 is 16.6 Å². The minimum Gasteiger partial charge on any atom is -0.320 e. The molecule has 7 heteroatoms. The van der Waals surface area contributed by atoms with Crippen LogP contribution in [0.15, 0.2) is 35.1 Å². The van der Waals surface area contributed by atoms with Crippen molar-refractivity contribution >= 4 is 33.3 Å². The van der Waals surface area contributed by atoms with Crippen LogP contribution in [0.1, 0.15) is 16.1 Å². The maximum absolute atomic E-state index is 12.0. The lowest BCUT2D eigenvalue weighted by Gasteiger charge is -2.08. The average molecular weight is 322 g/mol. The van der Waals surface area contributed by atoms with Crippen LogP contribution in [-0.2, 0) is 0 Å². The highest BCUT2D eigenvalue weighted by Crippen LogP contribution is 2.20. The molecule has 1 aromatic carbocycles. The molecule has 1 amide bonds. The van der Waals surface area contributed by atoms with E-state index in [2.05, 4.69) is 36.6 Å². The van der Waals surface area contributed by atoms with Crippen molar-refractivity contribution in [1.29, 1.82) is 0 Å². The number of nitrogens with two attached hydrogens (primary N) is 1. The number of anilines is 2. The van der Waals surface area contributed by atoms with Crippen molar-refractivity contribution < 1.29 is 4.79 Å². The SMILES string of the molecule is Cc1cc(Br)ccc1NC(=O)c1cnc(NN)cn1. The predicted octanol–water partition coefficient (Wildman–Crippen LogP) is 2.09. The number of nitrogen functional groups attached to an aromatic ring is 1. The van der Waals surface area contributed by atoms with Crippen LogP contribution in [0.5, 0.6) is 0 Å². The van der Waals surface area contributed by atoms with E-state index in [1.165, 1.54) is 12.4 Å². The zero-order valence-corrected chi connectivity index (χ0v) is 11.7. The summed E-state index contributed by atoms with van der Waals surface area (Å²) in [5.41, 5.74) is 4.26. The lowest BCUT2D eigenvalue weighted by Crippen LogP contribution is -2.16. The van der Waals surface area contributed by atoms with Gasteiger partial charge >= 0.3 is 0 Å². The highest BCUT2D eigenvalue weighted by molar-refractivity contribution is 9.10. The van der Waals surface area contributed by atoms with E-state index in [1.54, 1.807) is 0 Å². The molecule has 1 heterocycles. The lowest BCUT2D eigenvalue weighted by atomic mass is 10.2. The van der Waals surface area contributed by atoms with E-state index in [4.69, 9.17) is 5.84 Å². The molecule has 0 aliphatic rings. The summed E-state index contributed by atoms with van der Waals surface area (Å²) in [6, 6.07) is 5.60. The molecule has 0 radical (unpaired) electrons. The van der Waals surface area contributed by atoms with Crippen molar-refractivity contribution in [1.82, 2.24) is 9.97 Å². The van der Waals surface area contributed by atoms with Crippen LogP contribution in [0.2, 0.25) is 0 Å². The zero-order valence-electron chi connectivity index (χ0n) is 10.1. The summed E-state index contributed by atoms with van der Waals surface area (Å²) in [4.78, 5) is 19.9. The molecule has 1 aromatic heterocycles. The highest BCUT2D eigenvalue weighted by Gasteiger charge is 2.09. The van der Waals surface area contributed by atoms with E-state index in [9.17, 15) is 4.79 Å². The van der Waals surface area contributed by atoms with Crippen molar-refractivity contribution in [2.24, 2.45) is 5.84 Å². The Hall–Kier alpha value is -1.99. The Morgan fingerprint density at radius 2 is 2.11 bits per heavy atom. The summed E-state index contributed by atoms with van der Waals surface area (Å²) in [5, 5.41) is 2.78. The average Bonchev–Trinajstić information content (AvgIpc) is 2.42. The van der Waals surface area contributed by atoms with E-state index in [1.807, 2.05) is 25.1 Å². The number of benzene rings is 1. The second-order valence-corrected chi connectivity index (χ2v) is 4.76. The molecule has 0 aliphatic heterocycles. The Kier molecular flexibility index (Phi) is 4.08. The molecular weight excluding hydrogens is 310 g/mol. The first-order valence-electron chi connectivity index (χ1n) is 5.46. The second kappa shape index (κ2) is 5.77. The van der Waals surface area contributed by atoms with Gasteiger partial charge in [-0.05, 0) is 30.7 Å². The van der Waals surface area contributed by atoms with Crippen LogP contribution in [0.4, 0.5) is 11.5 Å². The topological polar surface area (TPSA) is 92.9 Å². The van der Waals surface area contributed by atoms with Gasteiger partial charge in [-0.1, -0.05) is 15.9 Å². The Bertz CT molecular complexity index is 600. The highest BCUT2D eigenvalue weighted by atomic mass is 79.9. The van der Waals surface area contributed by atoms with E-state index in [0.29, 0.717) is 5.82 Å². The third kappa shape index (κ3) is 3.27. The molecule has 0 aliphatic carbocycles. The number of hydrogen-bond acceptors (Lipinski definition) is 5. The number of aromatic nitrogens is 2. The number of hydrogen-bond donors (Lipinski definition) is 3. The molecule has 0 spiro atoms. The molecule has 98 valence electrons. The van der Waals surface area contributed by atoms with Gasteiger partial charge in [0.15, 0.2) is 5.82 Å². The minimum absolute atomic E-state index is 0.223. The summed E-state index contributed by atoms with van der Waals surface area (Å²) in [6.45, 7) is 1.91. The van der Waals surface area contributed by atoms with Gasteiger partial charge in [0, 0.05) is 10.2 Å². The van der Waals surface area contributed by atoms with E-state index in [0.717, 1.165) is 15.7 Å². The molecule has 0 atom stereocenters. The van der Waals surface area contributed by atoms with E-state index in [-0.39, 0.29) is 11.6 Å². The summed E-state index contributed by atoms with van der Waals surface area (Å²) in [6.07, 6.45) is 2.75. The Morgan fingerprint density at radius 3 is 2.68 bits per heavy atom. The predicted molar refractivity (Wildman–Crippen MR) is 76.7 cm³/mol. The molecule has 0 saturated carbocycles.